The molecule has 0 radical (unpaired) electrons. The molecule has 126 valence electrons. The maximum atomic E-state index is 12.9. The van der Waals surface area contributed by atoms with Crippen LogP contribution in [0.1, 0.15) is 53.9 Å². The Morgan fingerprint density at radius 3 is 2.09 bits per heavy atom. The molecule has 2 heterocycles. The Kier molecular flexibility index (Phi) is 5.18. The van der Waals surface area contributed by atoms with Crippen LogP contribution in [0.5, 0.6) is 0 Å². The highest BCUT2D eigenvalue weighted by Gasteiger charge is 2.36. The van der Waals surface area contributed by atoms with E-state index in [0.29, 0.717) is 18.4 Å². The summed E-state index contributed by atoms with van der Waals surface area (Å²) in [5.41, 5.74) is -0.362. The van der Waals surface area contributed by atoms with Crippen molar-refractivity contribution in [1.82, 2.24) is 9.80 Å². The van der Waals surface area contributed by atoms with E-state index in [4.69, 9.17) is 0 Å². The van der Waals surface area contributed by atoms with Crippen LogP contribution in [0.25, 0.3) is 0 Å². The second kappa shape index (κ2) is 6.59. The van der Waals surface area contributed by atoms with E-state index in [1.807, 2.05) is 25.7 Å². The van der Waals surface area contributed by atoms with Gasteiger partial charge in [-0.25, -0.2) is 0 Å². The lowest BCUT2D eigenvalue weighted by atomic mass is 9.88. The van der Waals surface area contributed by atoms with E-state index in [1.165, 1.54) is 6.42 Å². The first kappa shape index (κ1) is 17.3. The molecule has 2 aliphatic rings. The van der Waals surface area contributed by atoms with E-state index in [0.717, 1.165) is 32.5 Å². The second-order valence-electron chi connectivity index (χ2n) is 8.53. The molecule has 0 N–H and O–H groups in total. The SMILES string of the molecule is C[C@@H]1C[C@@H](C)CN(C(=O)[C@@H]2CCCN(C(=O)C(C)(C)C)C2)C1. The van der Waals surface area contributed by atoms with Crippen molar-refractivity contribution in [3.63, 3.8) is 0 Å². The maximum Gasteiger partial charge on any atom is 0.227 e. The third kappa shape index (κ3) is 4.02. The average molecular weight is 308 g/mol. The minimum atomic E-state index is -0.362. The molecule has 2 rings (SSSR count). The van der Waals surface area contributed by atoms with Crippen LogP contribution < -0.4 is 0 Å². The molecule has 0 saturated carbocycles. The third-order valence-electron chi connectivity index (χ3n) is 4.88. The molecule has 2 saturated heterocycles. The Morgan fingerprint density at radius 2 is 1.55 bits per heavy atom. The van der Waals surface area contributed by atoms with E-state index >= 15 is 0 Å². The Bertz CT molecular complexity index is 417. The van der Waals surface area contributed by atoms with Crippen molar-refractivity contribution in [1.29, 1.82) is 0 Å². The summed E-state index contributed by atoms with van der Waals surface area (Å²) in [5, 5.41) is 0. The summed E-state index contributed by atoms with van der Waals surface area (Å²) in [4.78, 5) is 29.3. The van der Waals surface area contributed by atoms with Crippen LogP contribution in [0, 0.1) is 23.2 Å². The number of carbonyl (C=O) groups is 2. The van der Waals surface area contributed by atoms with Crippen LogP contribution in [-0.4, -0.2) is 47.8 Å². The van der Waals surface area contributed by atoms with Crippen LogP contribution >= 0.6 is 0 Å². The molecule has 0 spiro atoms. The van der Waals surface area contributed by atoms with Crippen LogP contribution in [-0.2, 0) is 9.59 Å². The molecule has 0 bridgehead atoms. The van der Waals surface area contributed by atoms with Crippen LogP contribution in [0.3, 0.4) is 0 Å². The lowest BCUT2D eigenvalue weighted by molar-refractivity contribution is -0.146. The van der Waals surface area contributed by atoms with Crippen molar-refractivity contribution >= 4 is 11.8 Å². The first-order valence-corrected chi connectivity index (χ1v) is 8.76. The summed E-state index contributed by atoms with van der Waals surface area (Å²) in [6.45, 7) is 13.5. The highest BCUT2D eigenvalue weighted by atomic mass is 16.2. The smallest absolute Gasteiger partial charge is 0.227 e. The molecule has 22 heavy (non-hydrogen) atoms. The average Bonchev–Trinajstić information content (AvgIpc) is 2.43. The highest BCUT2D eigenvalue weighted by Crippen LogP contribution is 2.27. The van der Waals surface area contributed by atoms with Gasteiger partial charge in [-0.1, -0.05) is 34.6 Å². The number of amides is 2. The number of likely N-dealkylation sites (tertiary alicyclic amines) is 2. The van der Waals surface area contributed by atoms with Gasteiger partial charge in [-0.05, 0) is 31.1 Å². The molecule has 0 unspecified atom stereocenters. The van der Waals surface area contributed by atoms with Gasteiger partial charge < -0.3 is 9.80 Å². The monoisotopic (exact) mass is 308 g/mol. The highest BCUT2D eigenvalue weighted by molar-refractivity contribution is 5.84. The third-order valence-corrected chi connectivity index (χ3v) is 4.88. The molecule has 0 aromatic rings. The zero-order chi connectivity index (χ0) is 16.5. The number of hydrogen-bond donors (Lipinski definition) is 0. The summed E-state index contributed by atoms with van der Waals surface area (Å²) in [6, 6.07) is 0. The molecule has 2 amide bonds. The van der Waals surface area contributed by atoms with Crippen molar-refractivity contribution < 1.29 is 9.59 Å². The minimum Gasteiger partial charge on any atom is -0.342 e. The van der Waals surface area contributed by atoms with Gasteiger partial charge in [0.15, 0.2) is 0 Å². The Hall–Kier alpha value is -1.06. The minimum absolute atomic E-state index is 0.00227. The predicted molar refractivity (Wildman–Crippen MR) is 88.3 cm³/mol. The van der Waals surface area contributed by atoms with Crippen molar-refractivity contribution in [2.24, 2.45) is 23.2 Å². The molecule has 2 fully saturated rings. The van der Waals surface area contributed by atoms with Crippen molar-refractivity contribution in [2.45, 2.75) is 53.9 Å². The van der Waals surface area contributed by atoms with Gasteiger partial charge >= 0.3 is 0 Å². The van der Waals surface area contributed by atoms with Crippen LogP contribution in [0.15, 0.2) is 0 Å². The summed E-state index contributed by atoms with van der Waals surface area (Å²) in [5.74, 6) is 1.61. The lowest BCUT2D eigenvalue weighted by Crippen LogP contribution is -2.51. The van der Waals surface area contributed by atoms with Gasteiger partial charge in [-0.3, -0.25) is 9.59 Å². The Balaban J connectivity index is 2.00. The van der Waals surface area contributed by atoms with E-state index in [1.54, 1.807) is 0 Å². The van der Waals surface area contributed by atoms with Crippen molar-refractivity contribution in [2.75, 3.05) is 26.2 Å². The van der Waals surface area contributed by atoms with Crippen molar-refractivity contribution in [3.05, 3.63) is 0 Å². The summed E-state index contributed by atoms with van der Waals surface area (Å²) >= 11 is 0. The quantitative estimate of drug-likeness (QED) is 0.747. The van der Waals surface area contributed by atoms with E-state index in [9.17, 15) is 9.59 Å². The Morgan fingerprint density at radius 1 is 0.955 bits per heavy atom. The lowest BCUT2D eigenvalue weighted by Gasteiger charge is -2.40. The normalized spacial score (nSPS) is 30.3. The molecule has 3 atom stereocenters. The standard InChI is InChI=1S/C18H32N2O2/c1-13-9-14(2)11-20(10-13)16(21)15-7-6-8-19(12-15)17(22)18(3,4)5/h13-15H,6-12H2,1-5H3/t13-,14-,15-/m1/s1. The molecule has 4 heteroatoms. The fourth-order valence-electron chi connectivity index (χ4n) is 3.94. The number of nitrogens with zero attached hydrogens (tertiary/aromatic N) is 2. The molecular weight excluding hydrogens is 276 g/mol. The molecule has 0 aromatic heterocycles. The number of piperidine rings is 2. The summed E-state index contributed by atoms with van der Waals surface area (Å²) < 4.78 is 0. The van der Waals surface area contributed by atoms with E-state index < -0.39 is 0 Å². The van der Waals surface area contributed by atoms with Gasteiger partial charge in [0.2, 0.25) is 11.8 Å². The van der Waals surface area contributed by atoms with Gasteiger partial charge in [-0.2, -0.15) is 0 Å². The van der Waals surface area contributed by atoms with Gasteiger partial charge in [0, 0.05) is 31.6 Å². The zero-order valence-corrected chi connectivity index (χ0v) is 14.9. The van der Waals surface area contributed by atoms with Gasteiger partial charge in [0.1, 0.15) is 0 Å². The largest absolute Gasteiger partial charge is 0.342 e. The first-order valence-electron chi connectivity index (χ1n) is 8.76. The maximum absolute atomic E-state index is 12.9. The van der Waals surface area contributed by atoms with Gasteiger partial charge in [0.25, 0.3) is 0 Å². The second-order valence-corrected chi connectivity index (χ2v) is 8.53. The summed E-state index contributed by atoms with van der Waals surface area (Å²) in [7, 11) is 0. The first-order chi connectivity index (χ1) is 10.2. The van der Waals surface area contributed by atoms with E-state index in [2.05, 4.69) is 18.7 Å². The summed E-state index contributed by atoms with van der Waals surface area (Å²) in [6.07, 6.45) is 3.08. The number of hydrogen-bond acceptors (Lipinski definition) is 2. The molecule has 2 aliphatic heterocycles. The van der Waals surface area contributed by atoms with Gasteiger partial charge in [-0.15, -0.1) is 0 Å². The van der Waals surface area contributed by atoms with Crippen molar-refractivity contribution in [3.8, 4) is 0 Å². The van der Waals surface area contributed by atoms with E-state index in [-0.39, 0.29) is 23.1 Å². The van der Waals surface area contributed by atoms with Crippen LogP contribution in [0.4, 0.5) is 0 Å². The topological polar surface area (TPSA) is 40.6 Å². The molecule has 4 nitrogen and oxygen atoms in total. The fraction of sp³-hybridized carbons (Fsp3) is 0.889. The molecular formula is C18H32N2O2. The number of carbonyl (C=O) groups excluding carboxylic acids is 2. The zero-order valence-electron chi connectivity index (χ0n) is 14.9. The molecule has 0 aliphatic carbocycles. The molecule has 0 aromatic carbocycles. The predicted octanol–water partition coefficient (Wildman–Crippen LogP) is 2.78. The Labute approximate surface area is 135 Å². The van der Waals surface area contributed by atoms with Crippen LogP contribution in [0.2, 0.25) is 0 Å². The fourth-order valence-corrected chi connectivity index (χ4v) is 3.94. The van der Waals surface area contributed by atoms with Gasteiger partial charge in [0.05, 0.1) is 5.92 Å². The number of rotatable bonds is 1.